The fourth-order valence-corrected chi connectivity index (χ4v) is 2.49. The maximum absolute atomic E-state index is 13.5. The van der Waals surface area contributed by atoms with Crippen LogP contribution in [0.1, 0.15) is 11.1 Å². The molecule has 20 heavy (non-hydrogen) atoms. The molecule has 2 rings (SSSR count). The molecule has 0 fully saturated rings. The van der Waals surface area contributed by atoms with Crippen LogP contribution in [0.5, 0.6) is 0 Å². The van der Waals surface area contributed by atoms with Gasteiger partial charge in [0.15, 0.2) is 5.16 Å². The predicted octanol–water partition coefficient (Wildman–Crippen LogP) is 2.95. The zero-order valence-corrected chi connectivity index (χ0v) is 11.6. The third-order valence-electron chi connectivity index (χ3n) is 2.61. The number of hydrogen-bond donors (Lipinski definition) is 1. The Morgan fingerprint density at radius 2 is 2.35 bits per heavy atom. The number of hydrogen-bond acceptors (Lipinski definition) is 3. The van der Waals surface area contributed by atoms with Crippen molar-refractivity contribution in [3.05, 3.63) is 53.6 Å². The van der Waals surface area contributed by atoms with Gasteiger partial charge in [-0.05, 0) is 23.8 Å². The van der Waals surface area contributed by atoms with Crippen LogP contribution >= 0.6 is 11.8 Å². The topological polar surface area (TPSA) is 55.1 Å². The number of carboxylic acids is 1. The molecule has 6 heteroatoms. The van der Waals surface area contributed by atoms with E-state index in [9.17, 15) is 9.18 Å². The van der Waals surface area contributed by atoms with Gasteiger partial charge < -0.3 is 9.67 Å². The number of aryl methyl sites for hydroxylation is 1. The molecule has 1 heterocycles. The van der Waals surface area contributed by atoms with Crippen LogP contribution in [0.2, 0.25) is 0 Å². The van der Waals surface area contributed by atoms with Gasteiger partial charge in [-0.15, -0.1) is 0 Å². The van der Waals surface area contributed by atoms with E-state index in [1.807, 2.05) is 17.8 Å². The number of thioether (sulfide) groups is 1. The minimum absolute atomic E-state index is 0.269. The number of rotatable bonds is 5. The van der Waals surface area contributed by atoms with E-state index < -0.39 is 11.8 Å². The molecule has 104 valence electrons. The molecular weight excluding hydrogens is 279 g/mol. The largest absolute Gasteiger partial charge is 0.478 e. The lowest BCUT2D eigenvalue weighted by Gasteiger charge is -2.04. The number of aromatic nitrogens is 2. The molecule has 0 saturated heterocycles. The summed E-state index contributed by atoms with van der Waals surface area (Å²) in [6.45, 7) is 0. The summed E-state index contributed by atoms with van der Waals surface area (Å²) >= 11 is 1.53. The van der Waals surface area contributed by atoms with Crippen molar-refractivity contribution in [1.82, 2.24) is 9.55 Å². The highest BCUT2D eigenvalue weighted by atomic mass is 32.2. The van der Waals surface area contributed by atoms with E-state index >= 15 is 0 Å². The fourth-order valence-electron chi connectivity index (χ4n) is 1.61. The maximum atomic E-state index is 13.5. The smallest absolute Gasteiger partial charge is 0.328 e. The quantitative estimate of drug-likeness (QED) is 0.680. The van der Waals surface area contributed by atoms with Crippen molar-refractivity contribution < 1.29 is 14.3 Å². The van der Waals surface area contributed by atoms with Crippen molar-refractivity contribution in [2.24, 2.45) is 7.05 Å². The molecule has 0 aliphatic carbocycles. The fraction of sp³-hybridized carbons (Fsp3) is 0.143. The lowest BCUT2D eigenvalue weighted by Crippen LogP contribution is -1.92. The van der Waals surface area contributed by atoms with Crippen LogP contribution < -0.4 is 0 Å². The Kier molecular flexibility index (Phi) is 4.57. The SMILES string of the molecule is Cn1ccnc1SCc1ccc(F)c(C=CC(=O)O)c1. The van der Waals surface area contributed by atoms with Gasteiger partial charge in [0.2, 0.25) is 0 Å². The number of aliphatic carboxylic acids is 1. The molecule has 1 N–H and O–H groups in total. The highest BCUT2D eigenvalue weighted by molar-refractivity contribution is 7.98. The minimum Gasteiger partial charge on any atom is -0.478 e. The first-order chi connectivity index (χ1) is 9.56. The van der Waals surface area contributed by atoms with Gasteiger partial charge in [-0.25, -0.2) is 14.2 Å². The molecule has 4 nitrogen and oxygen atoms in total. The molecule has 0 spiro atoms. The van der Waals surface area contributed by atoms with E-state index in [2.05, 4.69) is 4.98 Å². The van der Waals surface area contributed by atoms with Crippen LogP contribution in [0, 0.1) is 5.82 Å². The van der Waals surface area contributed by atoms with E-state index in [1.165, 1.54) is 23.9 Å². The zero-order chi connectivity index (χ0) is 14.5. The molecular formula is C14H13FN2O2S. The number of imidazole rings is 1. The molecule has 0 amide bonds. The first-order valence-corrected chi connectivity index (χ1v) is 6.84. The Morgan fingerprint density at radius 3 is 3.00 bits per heavy atom. The van der Waals surface area contributed by atoms with E-state index in [0.717, 1.165) is 16.8 Å². The summed E-state index contributed by atoms with van der Waals surface area (Å²) in [7, 11) is 1.90. The monoisotopic (exact) mass is 292 g/mol. The summed E-state index contributed by atoms with van der Waals surface area (Å²) < 4.78 is 15.4. The summed E-state index contributed by atoms with van der Waals surface area (Å²) in [5, 5.41) is 9.44. The Bertz CT molecular complexity index is 652. The molecule has 0 aliphatic heterocycles. The second kappa shape index (κ2) is 6.38. The Hall–Kier alpha value is -2.08. The molecule has 2 aromatic rings. The summed E-state index contributed by atoms with van der Waals surface area (Å²) in [5.74, 6) is -0.899. The van der Waals surface area contributed by atoms with Crippen LogP contribution in [0.3, 0.4) is 0 Å². The van der Waals surface area contributed by atoms with E-state index in [1.54, 1.807) is 18.3 Å². The Morgan fingerprint density at radius 1 is 1.55 bits per heavy atom. The van der Waals surface area contributed by atoms with Crippen molar-refractivity contribution in [1.29, 1.82) is 0 Å². The van der Waals surface area contributed by atoms with Crippen molar-refractivity contribution in [3.63, 3.8) is 0 Å². The van der Waals surface area contributed by atoms with Crippen LogP contribution in [0.25, 0.3) is 6.08 Å². The highest BCUT2D eigenvalue weighted by Gasteiger charge is 2.04. The number of carbonyl (C=O) groups is 1. The average molecular weight is 292 g/mol. The van der Waals surface area contributed by atoms with Gasteiger partial charge >= 0.3 is 5.97 Å². The van der Waals surface area contributed by atoms with Crippen molar-refractivity contribution in [3.8, 4) is 0 Å². The van der Waals surface area contributed by atoms with Crippen LogP contribution in [0.4, 0.5) is 4.39 Å². The number of halogens is 1. The normalized spacial score (nSPS) is 11.1. The van der Waals surface area contributed by atoms with E-state index in [0.29, 0.717) is 5.75 Å². The third-order valence-corrected chi connectivity index (χ3v) is 3.74. The van der Waals surface area contributed by atoms with Crippen molar-refractivity contribution in [2.75, 3.05) is 0 Å². The van der Waals surface area contributed by atoms with Gasteiger partial charge in [-0.1, -0.05) is 17.8 Å². The summed E-state index contributed by atoms with van der Waals surface area (Å²) in [6, 6.07) is 4.67. The number of benzene rings is 1. The molecule has 1 aromatic carbocycles. The lowest BCUT2D eigenvalue weighted by atomic mass is 10.1. The first kappa shape index (κ1) is 14.3. The molecule has 1 aromatic heterocycles. The maximum Gasteiger partial charge on any atom is 0.328 e. The van der Waals surface area contributed by atoms with Gasteiger partial charge in [-0.3, -0.25) is 0 Å². The van der Waals surface area contributed by atoms with Crippen molar-refractivity contribution in [2.45, 2.75) is 10.9 Å². The molecule has 0 saturated carbocycles. The highest BCUT2D eigenvalue weighted by Crippen LogP contribution is 2.22. The molecule has 0 aliphatic rings. The van der Waals surface area contributed by atoms with E-state index in [4.69, 9.17) is 5.11 Å². The van der Waals surface area contributed by atoms with Gasteiger partial charge in [-0.2, -0.15) is 0 Å². The number of nitrogens with zero attached hydrogens (tertiary/aromatic N) is 2. The standard InChI is InChI=1S/C14H13FN2O2S/c1-17-7-6-16-14(17)20-9-10-2-4-12(15)11(8-10)3-5-13(18)19/h2-8H,9H2,1H3,(H,18,19). The van der Waals surface area contributed by atoms with Gasteiger partial charge in [0.25, 0.3) is 0 Å². The average Bonchev–Trinajstić information content (AvgIpc) is 2.81. The van der Waals surface area contributed by atoms with Gasteiger partial charge in [0.05, 0.1) is 0 Å². The van der Waals surface area contributed by atoms with Gasteiger partial charge in [0.1, 0.15) is 5.82 Å². The Labute approximate surface area is 120 Å². The minimum atomic E-state index is -1.10. The summed E-state index contributed by atoms with van der Waals surface area (Å²) in [6.07, 6.45) is 5.75. The van der Waals surface area contributed by atoms with Crippen molar-refractivity contribution >= 4 is 23.8 Å². The van der Waals surface area contributed by atoms with Crippen LogP contribution in [-0.4, -0.2) is 20.6 Å². The lowest BCUT2D eigenvalue weighted by molar-refractivity contribution is -0.131. The second-order valence-corrected chi connectivity index (χ2v) is 5.08. The molecule has 0 atom stereocenters. The molecule has 0 unspecified atom stereocenters. The molecule has 0 radical (unpaired) electrons. The second-order valence-electron chi connectivity index (χ2n) is 4.14. The first-order valence-electron chi connectivity index (χ1n) is 5.86. The predicted molar refractivity (Wildman–Crippen MR) is 75.8 cm³/mol. The zero-order valence-electron chi connectivity index (χ0n) is 10.8. The van der Waals surface area contributed by atoms with E-state index in [-0.39, 0.29) is 5.56 Å². The summed E-state index contributed by atoms with van der Waals surface area (Å²) in [5.41, 5.74) is 1.18. The van der Waals surface area contributed by atoms with Gasteiger partial charge in [0, 0.05) is 36.8 Å². The Balaban J connectivity index is 2.11. The molecule has 0 bridgehead atoms. The number of carboxylic acid groups (broad SMARTS) is 1. The summed E-state index contributed by atoms with van der Waals surface area (Å²) in [4.78, 5) is 14.7. The van der Waals surface area contributed by atoms with Crippen LogP contribution in [-0.2, 0) is 17.6 Å². The third kappa shape index (κ3) is 3.71. The van der Waals surface area contributed by atoms with Crippen LogP contribution in [0.15, 0.2) is 41.8 Å².